The molecule has 0 aromatic carbocycles. The number of nitrogens with one attached hydrogen (secondary N) is 2. The Morgan fingerprint density at radius 2 is 1.74 bits per heavy atom. The van der Waals surface area contributed by atoms with Crippen molar-refractivity contribution < 1.29 is 34.2 Å². The van der Waals surface area contributed by atoms with E-state index in [1.54, 1.807) is 0 Å². The smallest absolute Gasteiger partial charge is 0.326 e. The minimum atomic E-state index is -1.18. The molecule has 1 rings (SSSR count). The van der Waals surface area contributed by atoms with Crippen LogP contribution in [0.4, 0.5) is 0 Å². The number of hydrogen-bond donors (Lipinski definition) is 5. The van der Waals surface area contributed by atoms with Crippen LogP contribution >= 0.6 is 0 Å². The molecule has 0 saturated carbocycles. The molecule has 0 radical (unpaired) electrons. The minimum absolute atomic E-state index is 0.179. The number of amides is 3. The molecule has 0 aromatic rings. The summed E-state index contributed by atoms with van der Waals surface area (Å²) < 4.78 is 0. The first-order valence-corrected chi connectivity index (χ1v) is 8.66. The van der Waals surface area contributed by atoms with Gasteiger partial charge in [-0.3, -0.25) is 19.2 Å². The van der Waals surface area contributed by atoms with Crippen LogP contribution in [0.1, 0.15) is 39.5 Å². The Morgan fingerprint density at radius 1 is 1.11 bits per heavy atom. The van der Waals surface area contributed by atoms with E-state index in [1.165, 1.54) is 18.7 Å². The highest BCUT2D eigenvalue weighted by molar-refractivity contribution is 5.94. The van der Waals surface area contributed by atoms with E-state index in [0.717, 1.165) is 0 Å². The Labute approximate surface area is 156 Å². The fourth-order valence-corrected chi connectivity index (χ4v) is 2.75. The number of carboxylic acid groups (broad SMARTS) is 2. The van der Waals surface area contributed by atoms with E-state index in [1.807, 2.05) is 0 Å². The Hall–Kier alpha value is -2.69. The summed E-state index contributed by atoms with van der Waals surface area (Å²) in [5, 5.41) is 22.7. The zero-order valence-electron chi connectivity index (χ0n) is 15.3. The number of carbonyl (C=O) groups excluding carboxylic acids is 3. The molecule has 1 fully saturated rings. The summed E-state index contributed by atoms with van der Waals surface area (Å²) in [6, 6.07) is -4.04. The van der Waals surface area contributed by atoms with Gasteiger partial charge in [0.05, 0.1) is 6.04 Å². The number of carboxylic acids is 2. The van der Waals surface area contributed by atoms with Crippen molar-refractivity contribution in [1.82, 2.24) is 15.5 Å². The molecule has 27 heavy (non-hydrogen) atoms. The summed E-state index contributed by atoms with van der Waals surface area (Å²) in [7, 11) is 0. The quantitative estimate of drug-likeness (QED) is 0.310. The van der Waals surface area contributed by atoms with Gasteiger partial charge in [-0.15, -0.1) is 0 Å². The molecule has 11 heteroatoms. The topological polar surface area (TPSA) is 179 Å². The maximum Gasteiger partial charge on any atom is 0.326 e. The Kier molecular flexibility index (Phi) is 8.16. The lowest BCUT2D eigenvalue weighted by Gasteiger charge is -2.27. The zero-order valence-corrected chi connectivity index (χ0v) is 15.3. The van der Waals surface area contributed by atoms with Crippen LogP contribution in [0.3, 0.4) is 0 Å². The molecular weight excluding hydrogens is 360 g/mol. The molecule has 4 unspecified atom stereocenters. The lowest BCUT2D eigenvalue weighted by Crippen LogP contribution is -2.56. The highest BCUT2D eigenvalue weighted by Crippen LogP contribution is 2.18. The second-order valence-corrected chi connectivity index (χ2v) is 6.54. The number of carbonyl (C=O) groups is 5. The number of nitrogens with two attached hydrogens (primary N) is 1. The normalized spacial score (nSPS) is 19.7. The largest absolute Gasteiger partial charge is 0.481 e. The van der Waals surface area contributed by atoms with Crippen LogP contribution in [0.2, 0.25) is 0 Å². The van der Waals surface area contributed by atoms with Crippen LogP contribution in [-0.2, 0) is 24.0 Å². The Morgan fingerprint density at radius 3 is 2.26 bits per heavy atom. The first kappa shape index (κ1) is 22.4. The van der Waals surface area contributed by atoms with Gasteiger partial charge in [-0.1, -0.05) is 0 Å². The van der Waals surface area contributed by atoms with E-state index in [4.69, 9.17) is 15.9 Å². The van der Waals surface area contributed by atoms with Gasteiger partial charge in [-0.25, -0.2) is 4.79 Å². The van der Waals surface area contributed by atoms with Crippen molar-refractivity contribution in [2.45, 2.75) is 63.7 Å². The lowest BCUT2D eigenvalue weighted by atomic mass is 10.1. The minimum Gasteiger partial charge on any atom is -0.481 e. The number of likely N-dealkylation sites (tertiary alicyclic amines) is 1. The molecule has 0 aliphatic carbocycles. The van der Waals surface area contributed by atoms with Crippen LogP contribution in [0, 0.1) is 0 Å². The molecule has 152 valence electrons. The summed E-state index contributed by atoms with van der Waals surface area (Å²) >= 11 is 0. The summed E-state index contributed by atoms with van der Waals surface area (Å²) in [4.78, 5) is 59.8. The van der Waals surface area contributed by atoms with Crippen molar-refractivity contribution in [3.05, 3.63) is 0 Å². The lowest BCUT2D eigenvalue weighted by molar-refractivity contribution is -0.149. The number of hydrogen-bond acceptors (Lipinski definition) is 6. The maximum absolute atomic E-state index is 12.5. The highest BCUT2D eigenvalue weighted by atomic mass is 16.4. The molecule has 4 atom stereocenters. The fraction of sp³-hybridized carbons (Fsp3) is 0.688. The summed E-state index contributed by atoms with van der Waals surface area (Å²) in [6.45, 7) is 3.09. The third kappa shape index (κ3) is 6.51. The molecular formula is C16H26N4O7. The second kappa shape index (κ2) is 9.86. The van der Waals surface area contributed by atoms with Gasteiger partial charge < -0.3 is 31.5 Å². The van der Waals surface area contributed by atoms with Crippen LogP contribution < -0.4 is 16.4 Å². The average Bonchev–Trinajstić information content (AvgIpc) is 3.06. The van der Waals surface area contributed by atoms with Gasteiger partial charge in [-0.2, -0.15) is 0 Å². The van der Waals surface area contributed by atoms with Crippen molar-refractivity contribution in [1.29, 1.82) is 0 Å². The van der Waals surface area contributed by atoms with Crippen molar-refractivity contribution in [3.8, 4) is 0 Å². The van der Waals surface area contributed by atoms with Crippen molar-refractivity contribution in [3.63, 3.8) is 0 Å². The average molecular weight is 386 g/mol. The first-order chi connectivity index (χ1) is 12.5. The molecule has 11 nitrogen and oxygen atoms in total. The fourth-order valence-electron chi connectivity index (χ4n) is 2.75. The SMILES string of the molecule is CC(N)C(=O)NC(CCC(=O)O)C(=O)NC(C)C(=O)N1CCCC1C(=O)O. The zero-order chi connectivity index (χ0) is 20.7. The molecule has 1 saturated heterocycles. The number of rotatable bonds is 9. The number of aliphatic carboxylic acids is 2. The molecule has 1 aliphatic heterocycles. The van der Waals surface area contributed by atoms with Gasteiger partial charge in [0.1, 0.15) is 18.1 Å². The predicted molar refractivity (Wildman–Crippen MR) is 92.4 cm³/mol. The highest BCUT2D eigenvalue weighted by Gasteiger charge is 2.36. The monoisotopic (exact) mass is 386 g/mol. The van der Waals surface area contributed by atoms with Gasteiger partial charge in [0.15, 0.2) is 0 Å². The molecule has 3 amide bonds. The molecule has 0 bridgehead atoms. The second-order valence-electron chi connectivity index (χ2n) is 6.54. The van der Waals surface area contributed by atoms with E-state index in [0.29, 0.717) is 12.8 Å². The van der Waals surface area contributed by atoms with Crippen molar-refractivity contribution in [2.75, 3.05) is 6.54 Å². The standard InChI is InChI=1S/C16H26N4O7/c1-8(17)13(23)19-10(5-6-12(21)22)14(24)18-9(2)15(25)20-7-3-4-11(20)16(26)27/h8-11H,3-7,17H2,1-2H3,(H,18,24)(H,19,23)(H,21,22)(H,26,27). The van der Waals surface area contributed by atoms with E-state index >= 15 is 0 Å². The van der Waals surface area contributed by atoms with Crippen LogP contribution in [-0.4, -0.2) is 75.5 Å². The van der Waals surface area contributed by atoms with Crippen LogP contribution in [0.5, 0.6) is 0 Å². The molecule has 0 aromatic heterocycles. The molecule has 1 aliphatic rings. The molecule has 1 heterocycles. The van der Waals surface area contributed by atoms with Crippen molar-refractivity contribution in [2.24, 2.45) is 5.73 Å². The summed E-state index contributed by atoms with van der Waals surface area (Å²) in [5.41, 5.74) is 5.44. The van der Waals surface area contributed by atoms with E-state index in [2.05, 4.69) is 10.6 Å². The molecule has 6 N–H and O–H groups in total. The third-order valence-electron chi connectivity index (χ3n) is 4.24. The third-order valence-corrected chi connectivity index (χ3v) is 4.24. The van der Waals surface area contributed by atoms with Gasteiger partial charge in [0.2, 0.25) is 17.7 Å². The van der Waals surface area contributed by atoms with E-state index in [9.17, 15) is 24.0 Å². The summed E-state index contributed by atoms with van der Waals surface area (Å²) in [6.07, 6.45) is 0.345. The van der Waals surface area contributed by atoms with E-state index in [-0.39, 0.29) is 19.4 Å². The van der Waals surface area contributed by atoms with Crippen molar-refractivity contribution >= 4 is 29.7 Å². The van der Waals surface area contributed by atoms with Crippen LogP contribution in [0.25, 0.3) is 0 Å². The number of nitrogens with zero attached hydrogens (tertiary/aromatic N) is 1. The van der Waals surface area contributed by atoms with Gasteiger partial charge >= 0.3 is 11.9 Å². The Bertz CT molecular complexity index is 608. The summed E-state index contributed by atoms with van der Waals surface area (Å²) in [5.74, 6) is -4.18. The Balaban J connectivity index is 2.76. The van der Waals surface area contributed by atoms with Gasteiger partial charge in [0.25, 0.3) is 0 Å². The maximum atomic E-state index is 12.5. The predicted octanol–water partition coefficient (Wildman–Crippen LogP) is -1.74. The first-order valence-electron chi connectivity index (χ1n) is 8.66. The van der Waals surface area contributed by atoms with E-state index < -0.39 is 53.8 Å². The van der Waals surface area contributed by atoms with Crippen LogP contribution in [0.15, 0.2) is 0 Å². The van der Waals surface area contributed by atoms with Gasteiger partial charge in [-0.05, 0) is 33.1 Å². The van der Waals surface area contributed by atoms with Gasteiger partial charge in [0, 0.05) is 13.0 Å². The molecule has 0 spiro atoms.